The molecule has 2 aromatic carbocycles. The Morgan fingerprint density at radius 3 is 2.34 bits per heavy atom. The van der Waals surface area contributed by atoms with Crippen molar-refractivity contribution in [1.82, 2.24) is 9.38 Å². The number of nitrogens with zero attached hydrogens (tertiary/aromatic N) is 2. The molecule has 3 aromatic heterocycles. The van der Waals surface area contributed by atoms with Crippen LogP contribution < -0.4 is 14.8 Å². The number of rotatable bonds is 9. The average molecular weight is 506 g/mol. The SMILES string of the molecule is Cc1cc(C)nc(OCCOc2ccc(NC(=O)C(=O)c3c(-c4ccccc4)cc4ccccn34)cc2)c1. The van der Waals surface area contributed by atoms with E-state index in [0.29, 0.717) is 41.8 Å². The average Bonchev–Trinajstić information content (AvgIpc) is 3.31. The number of ketones is 1. The van der Waals surface area contributed by atoms with Gasteiger partial charge in [-0.1, -0.05) is 36.4 Å². The lowest BCUT2D eigenvalue weighted by Gasteiger charge is -2.10. The number of hydrogen-bond donors (Lipinski definition) is 1. The van der Waals surface area contributed by atoms with E-state index in [-0.39, 0.29) is 0 Å². The standard InChI is InChI=1S/C31H27N3O4/c1-21-18-22(2)32-28(19-21)38-17-16-37-26-13-11-24(12-14-26)33-31(36)30(35)29-27(23-8-4-3-5-9-23)20-25-10-6-7-15-34(25)29/h3-15,18-20H,16-17H2,1-2H3,(H,33,36). The topological polar surface area (TPSA) is 81.9 Å². The summed E-state index contributed by atoms with van der Waals surface area (Å²) < 4.78 is 13.1. The number of aryl methyl sites for hydroxylation is 2. The van der Waals surface area contributed by atoms with Gasteiger partial charge >= 0.3 is 0 Å². The van der Waals surface area contributed by atoms with Gasteiger partial charge in [0, 0.05) is 34.7 Å². The molecule has 0 saturated carbocycles. The third-order valence-electron chi connectivity index (χ3n) is 5.97. The number of hydrogen-bond acceptors (Lipinski definition) is 5. The molecule has 0 atom stereocenters. The van der Waals surface area contributed by atoms with Crippen LogP contribution in [0.2, 0.25) is 0 Å². The second-order valence-corrected chi connectivity index (χ2v) is 8.90. The molecule has 3 heterocycles. The van der Waals surface area contributed by atoms with Crippen molar-refractivity contribution in [2.24, 2.45) is 0 Å². The van der Waals surface area contributed by atoms with Gasteiger partial charge in [0.05, 0.1) is 0 Å². The van der Waals surface area contributed by atoms with Crippen LogP contribution in [0.1, 0.15) is 21.7 Å². The zero-order valence-electron chi connectivity index (χ0n) is 21.2. The first-order valence-electron chi connectivity index (χ1n) is 12.3. The lowest BCUT2D eigenvalue weighted by Crippen LogP contribution is -2.24. The molecule has 5 aromatic rings. The van der Waals surface area contributed by atoms with Crippen molar-refractivity contribution in [3.63, 3.8) is 0 Å². The molecule has 38 heavy (non-hydrogen) atoms. The van der Waals surface area contributed by atoms with Gasteiger partial charge in [0.1, 0.15) is 24.7 Å². The summed E-state index contributed by atoms with van der Waals surface area (Å²) in [6.45, 7) is 4.60. The largest absolute Gasteiger partial charge is 0.490 e. The maximum absolute atomic E-state index is 13.3. The van der Waals surface area contributed by atoms with E-state index in [1.165, 1.54) is 0 Å². The molecule has 0 aliphatic rings. The number of pyridine rings is 2. The van der Waals surface area contributed by atoms with E-state index in [0.717, 1.165) is 22.3 Å². The highest BCUT2D eigenvalue weighted by atomic mass is 16.5. The highest BCUT2D eigenvalue weighted by molar-refractivity contribution is 6.47. The first kappa shape index (κ1) is 24.8. The molecule has 0 radical (unpaired) electrons. The van der Waals surface area contributed by atoms with Gasteiger partial charge in [-0.2, -0.15) is 0 Å². The number of benzene rings is 2. The summed E-state index contributed by atoms with van der Waals surface area (Å²) >= 11 is 0. The number of fused-ring (bicyclic) bond motifs is 1. The normalized spacial score (nSPS) is 10.8. The number of carbonyl (C=O) groups is 2. The second-order valence-electron chi connectivity index (χ2n) is 8.90. The summed E-state index contributed by atoms with van der Waals surface area (Å²) in [4.78, 5) is 30.7. The van der Waals surface area contributed by atoms with Crippen molar-refractivity contribution >= 4 is 22.9 Å². The summed E-state index contributed by atoms with van der Waals surface area (Å²) in [5, 5.41) is 2.71. The first-order valence-corrected chi connectivity index (χ1v) is 12.3. The highest BCUT2D eigenvalue weighted by Gasteiger charge is 2.24. The zero-order valence-corrected chi connectivity index (χ0v) is 21.2. The molecule has 0 unspecified atom stereocenters. The summed E-state index contributed by atoms with van der Waals surface area (Å²) in [5.41, 5.74) is 5.21. The monoisotopic (exact) mass is 505 g/mol. The molecule has 1 amide bonds. The third-order valence-corrected chi connectivity index (χ3v) is 5.97. The van der Waals surface area contributed by atoms with Gasteiger partial charge in [-0.25, -0.2) is 4.98 Å². The van der Waals surface area contributed by atoms with Crippen molar-refractivity contribution in [1.29, 1.82) is 0 Å². The minimum Gasteiger partial charge on any atom is -0.490 e. The van der Waals surface area contributed by atoms with Crippen LogP contribution in [0.4, 0.5) is 5.69 Å². The Bertz CT molecular complexity index is 1570. The fourth-order valence-electron chi connectivity index (χ4n) is 4.31. The molecule has 0 aliphatic carbocycles. The maximum atomic E-state index is 13.3. The Morgan fingerprint density at radius 1 is 0.842 bits per heavy atom. The van der Waals surface area contributed by atoms with Crippen LogP contribution in [0.25, 0.3) is 16.6 Å². The van der Waals surface area contributed by atoms with Gasteiger partial charge in [-0.3, -0.25) is 9.59 Å². The van der Waals surface area contributed by atoms with E-state index >= 15 is 0 Å². The van der Waals surface area contributed by atoms with E-state index < -0.39 is 11.7 Å². The van der Waals surface area contributed by atoms with Gasteiger partial charge in [0.2, 0.25) is 5.88 Å². The van der Waals surface area contributed by atoms with Crippen molar-refractivity contribution in [2.75, 3.05) is 18.5 Å². The molecule has 0 aliphatic heterocycles. The van der Waals surface area contributed by atoms with Crippen molar-refractivity contribution in [3.05, 3.63) is 114 Å². The van der Waals surface area contributed by atoms with Crippen LogP contribution in [0.15, 0.2) is 97.2 Å². The van der Waals surface area contributed by atoms with E-state index in [2.05, 4.69) is 10.3 Å². The van der Waals surface area contributed by atoms with E-state index in [1.807, 2.05) is 80.6 Å². The van der Waals surface area contributed by atoms with Crippen LogP contribution in [0.5, 0.6) is 11.6 Å². The number of nitrogens with one attached hydrogen (secondary N) is 1. The van der Waals surface area contributed by atoms with Gasteiger partial charge in [-0.05, 0) is 73.5 Å². The Balaban J connectivity index is 1.23. The van der Waals surface area contributed by atoms with Gasteiger partial charge in [-0.15, -0.1) is 0 Å². The van der Waals surface area contributed by atoms with Crippen LogP contribution in [-0.4, -0.2) is 34.3 Å². The van der Waals surface area contributed by atoms with Crippen LogP contribution in [0.3, 0.4) is 0 Å². The first-order chi connectivity index (χ1) is 18.5. The van der Waals surface area contributed by atoms with E-state index in [9.17, 15) is 9.59 Å². The van der Waals surface area contributed by atoms with Crippen molar-refractivity contribution in [3.8, 4) is 22.8 Å². The van der Waals surface area contributed by atoms with Crippen LogP contribution >= 0.6 is 0 Å². The number of anilines is 1. The van der Waals surface area contributed by atoms with Crippen LogP contribution in [0, 0.1) is 13.8 Å². The molecule has 7 nitrogen and oxygen atoms in total. The quantitative estimate of drug-likeness (QED) is 0.153. The molecule has 0 saturated heterocycles. The minimum absolute atomic E-state index is 0.322. The predicted molar refractivity (Wildman–Crippen MR) is 147 cm³/mol. The number of carbonyl (C=O) groups excluding carboxylic acids is 2. The lowest BCUT2D eigenvalue weighted by atomic mass is 10.0. The zero-order chi connectivity index (χ0) is 26.5. The van der Waals surface area contributed by atoms with Gasteiger partial charge < -0.3 is 19.2 Å². The number of Topliss-reactive ketones (excluding diaryl/α,β-unsaturated/α-hetero) is 1. The van der Waals surface area contributed by atoms with E-state index in [4.69, 9.17) is 9.47 Å². The predicted octanol–water partition coefficient (Wildman–Crippen LogP) is 5.90. The van der Waals surface area contributed by atoms with Gasteiger partial charge in [0.25, 0.3) is 11.7 Å². The molecule has 0 spiro atoms. The minimum atomic E-state index is -0.714. The molecule has 0 fully saturated rings. The van der Waals surface area contributed by atoms with Crippen LogP contribution in [-0.2, 0) is 4.79 Å². The number of amides is 1. The second kappa shape index (κ2) is 11.0. The molecular weight excluding hydrogens is 478 g/mol. The van der Waals surface area contributed by atoms with E-state index in [1.54, 1.807) is 34.9 Å². The summed E-state index contributed by atoms with van der Waals surface area (Å²) in [7, 11) is 0. The van der Waals surface area contributed by atoms with Crippen molar-refractivity contribution < 1.29 is 19.1 Å². The number of aromatic nitrogens is 2. The summed E-state index contributed by atoms with van der Waals surface area (Å²) in [5.74, 6) is -0.142. The highest BCUT2D eigenvalue weighted by Crippen LogP contribution is 2.28. The molecular formula is C31H27N3O4. The fourth-order valence-corrected chi connectivity index (χ4v) is 4.31. The Labute approximate surface area is 220 Å². The van der Waals surface area contributed by atoms with Crippen molar-refractivity contribution in [2.45, 2.75) is 13.8 Å². The Kier molecular flexibility index (Phi) is 7.17. The lowest BCUT2D eigenvalue weighted by molar-refractivity contribution is -0.112. The molecule has 1 N–H and O–H groups in total. The maximum Gasteiger partial charge on any atom is 0.298 e. The smallest absolute Gasteiger partial charge is 0.298 e. The number of ether oxygens (including phenoxy) is 2. The summed E-state index contributed by atoms with van der Waals surface area (Å²) in [6.07, 6.45) is 1.79. The molecule has 0 bridgehead atoms. The summed E-state index contributed by atoms with van der Waals surface area (Å²) in [6, 6.07) is 27.8. The Morgan fingerprint density at radius 2 is 1.58 bits per heavy atom. The molecule has 7 heteroatoms. The fraction of sp³-hybridized carbons (Fsp3) is 0.129. The molecule has 5 rings (SSSR count). The third kappa shape index (κ3) is 5.57. The Hall–Kier alpha value is -4.91. The van der Waals surface area contributed by atoms with Gasteiger partial charge in [0.15, 0.2) is 0 Å². The molecule has 190 valence electrons.